The van der Waals surface area contributed by atoms with Crippen LogP contribution in [-0.2, 0) is 23.9 Å². The van der Waals surface area contributed by atoms with E-state index >= 15 is 0 Å². The van der Waals surface area contributed by atoms with Gasteiger partial charge in [-0.25, -0.2) is 0 Å². The molecule has 0 spiro atoms. The van der Waals surface area contributed by atoms with Crippen molar-refractivity contribution in [3.63, 3.8) is 0 Å². The summed E-state index contributed by atoms with van der Waals surface area (Å²) in [5, 5.41) is 31.0. The summed E-state index contributed by atoms with van der Waals surface area (Å²) < 4.78 is 9.38. The normalized spacial score (nSPS) is 10.4. The van der Waals surface area contributed by atoms with E-state index in [1.165, 1.54) is 33.3 Å². The molecular formula is C23H24N6O7. The number of non-ortho nitro benzene ring substituents is 1. The summed E-state index contributed by atoms with van der Waals surface area (Å²) in [6.45, 7) is 1.78. The number of anilines is 2. The Kier molecular flexibility index (Phi) is 9.99. The molecule has 0 aliphatic rings. The van der Waals surface area contributed by atoms with Gasteiger partial charge in [-0.1, -0.05) is 0 Å². The maximum atomic E-state index is 11.8. The number of nitrogens with zero attached hydrogens (tertiary/aromatic N) is 5. The molecule has 0 saturated carbocycles. The molecule has 2 rings (SSSR count). The van der Waals surface area contributed by atoms with Gasteiger partial charge < -0.3 is 19.7 Å². The Bertz CT molecular complexity index is 1200. The monoisotopic (exact) mass is 496 g/mol. The van der Waals surface area contributed by atoms with Crippen molar-refractivity contribution in [2.24, 2.45) is 10.2 Å². The van der Waals surface area contributed by atoms with Crippen LogP contribution in [0.15, 0.2) is 46.6 Å². The second kappa shape index (κ2) is 13.1. The van der Waals surface area contributed by atoms with Crippen LogP contribution in [0.1, 0.15) is 25.3 Å². The van der Waals surface area contributed by atoms with E-state index in [4.69, 9.17) is 9.47 Å². The van der Waals surface area contributed by atoms with Crippen LogP contribution >= 0.6 is 0 Å². The predicted octanol–water partition coefficient (Wildman–Crippen LogP) is 3.77. The lowest BCUT2D eigenvalue weighted by Gasteiger charge is -2.25. The van der Waals surface area contributed by atoms with Crippen molar-refractivity contribution in [3.05, 3.63) is 52.1 Å². The number of nitriles is 1. The fourth-order valence-corrected chi connectivity index (χ4v) is 3.05. The summed E-state index contributed by atoms with van der Waals surface area (Å²) in [7, 11) is 2.55. The van der Waals surface area contributed by atoms with Crippen LogP contribution in [0.5, 0.6) is 0 Å². The zero-order valence-electron chi connectivity index (χ0n) is 19.9. The molecule has 0 radical (unpaired) electrons. The number of ether oxygens (including phenoxy) is 2. The van der Waals surface area contributed by atoms with Gasteiger partial charge in [-0.2, -0.15) is 5.26 Å². The number of esters is 2. The molecule has 0 aliphatic heterocycles. The van der Waals surface area contributed by atoms with E-state index < -0.39 is 16.9 Å². The molecule has 13 nitrogen and oxygen atoms in total. The van der Waals surface area contributed by atoms with Crippen LogP contribution in [-0.4, -0.2) is 50.1 Å². The summed E-state index contributed by atoms with van der Waals surface area (Å²) >= 11 is 0. The first kappa shape index (κ1) is 27.4. The minimum absolute atomic E-state index is 0.0394. The highest BCUT2D eigenvalue weighted by Crippen LogP contribution is 2.33. The van der Waals surface area contributed by atoms with Gasteiger partial charge in [0.1, 0.15) is 17.4 Å². The van der Waals surface area contributed by atoms with Crippen LogP contribution in [0.25, 0.3) is 0 Å². The number of nitro benzene ring substituents is 1. The van der Waals surface area contributed by atoms with Crippen molar-refractivity contribution >= 4 is 46.3 Å². The van der Waals surface area contributed by atoms with E-state index in [-0.39, 0.29) is 60.2 Å². The summed E-state index contributed by atoms with van der Waals surface area (Å²) in [5.74, 6) is -1.24. The number of nitro groups is 1. The molecule has 2 aromatic carbocycles. The molecule has 0 heterocycles. The topological polar surface area (TPSA) is 177 Å². The van der Waals surface area contributed by atoms with E-state index in [0.29, 0.717) is 5.69 Å². The fourth-order valence-electron chi connectivity index (χ4n) is 3.05. The van der Waals surface area contributed by atoms with Crippen LogP contribution in [0.3, 0.4) is 0 Å². The predicted molar refractivity (Wildman–Crippen MR) is 128 cm³/mol. The third-order valence-corrected chi connectivity index (χ3v) is 4.86. The lowest BCUT2D eigenvalue weighted by atomic mass is 10.2. The zero-order valence-corrected chi connectivity index (χ0v) is 19.9. The first-order valence-electron chi connectivity index (χ1n) is 10.6. The summed E-state index contributed by atoms with van der Waals surface area (Å²) in [6, 6.07) is 10.3. The molecule has 0 atom stereocenters. The quantitative estimate of drug-likeness (QED) is 0.210. The zero-order chi connectivity index (χ0) is 26.7. The third-order valence-electron chi connectivity index (χ3n) is 4.86. The number of nitrogens with one attached hydrogen (secondary N) is 1. The number of benzene rings is 2. The minimum atomic E-state index is -0.623. The Morgan fingerprint density at radius 2 is 1.61 bits per heavy atom. The highest BCUT2D eigenvalue weighted by Gasteiger charge is 2.15. The van der Waals surface area contributed by atoms with Gasteiger partial charge in [-0.15, -0.1) is 10.2 Å². The molecule has 36 heavy (non-hydrogen) atoms. The molecule has 2 aromatic rings. The second-order valence-corrected chi connectivity index (χ2v) is 7.29. The van der Waals surface area contributed by atoms with Crippen LogP contribution in [0.4, 0.5) is 28.4 Å². The first-order valence-corrected chi connectivity index (χ1v) is 10.6. The average Bonchev–Trinajstić information content (AvgIpc) is 2.86. The van der Waals surface area contributed by atoms with E-state index in [9.17, 15) is 29.8 Å². The van der Waals surface area contributed by atoms with Crippen molar-refractivity contribution in [2.75, 3.05) is 37.5 Å². The maximum absolute atomic E-state index is 11.8. The van der Waals surface area contributed by atoms with Crippen LogP contribution < -0.4 is 10.2 Å². The van der Waals surface area contributed by atoms with Gasteiger partial charge in [0.05, 0.1) is 43.2 Å². The van der Waals surface area contributed by atoms with Gasteiger partial charge in [0.15, 0.2) is 0 Å². The number of hydrogen-bond acceptors (Lipinski definition) is 11. The SMILES string of the molecule is COC(=O)CCN(CCC(=O)OC)c1ccc(N=Nc2ccc([N+](=O)[O-])cc2C#N)c(NC(C)=O)c1. The standard InChI is InChI=1S/C23H24N6O7/c1-15(30)25-21-13-17(28(10-8-22(31)35-2)11-9-23(32)36-3)4-7-20(21)27-26-19-6-5-18(29(33)34)12-16(19)14-24/h4-7,12-13H,8-11H2,1-3H3,(H,25,30). The lowest BCUT2D eigenvalue weighted by Crippen LogP contribution is -2.29. The number of carbonyl (C=O) groups is 3. The highest BCUT2D eigenvalue weighted by atomic mass is 16.6. The molecule has 0 fully saturated rings. The van der Waals surface area contributed by atoms with Crippen molar-refractivity contribution in [1.29, 1.82) is 5.26 Å². The number of amides is 1. The molecule has 0 aliphatic carbocycles. The number of methoxy groups -OCH3 is 2. The maximum Gasteiger partial charge on any atom is 0.307 e. The molecular weight excluding hydrogens is 472 g/mol. The smallest absolute Gasteiger partial charge is 0.307 e. The van der Waals surface area contributed by atoms with Gasteiger partial charge in [0.25, 0.3) is 5.69 Å². The van der Waals surface area contributed by atoms with Gasteiger partial charge in [0.2, 0.25) is 5.91 Å². The summed E-state index contributed by atoms with van der Waals surface area (Å²) in [4.78, 5) is 47.2. The molecule has 0 bridgehead atoms. The molecule has 0 saturated heterocycles. The lowest BCUT2D eigenvalue weighted by molar-refractivity contribution is -0.384. The first-order chi connectivity index (χ1) is 17.2. The van der Waals surface area contributed by atoms with Crippen molar-refractivity contribution in [3.8, 4) is 6.07 Å². The second-order valence-electron chi connectivity index (χ2n) is 7.29. The van der Waals surface area contributed by atoms with Crippen LogP contribution in [0.2, 0.25) is 0 Å². The Morgan fingerprint density at radius 3 is 2.14 bits per heavy atom. The van der Waals surface area contributed by atoms with Crippen molar-refractivity contribution in [1.82, 2.24) is 0 Å². The number of rotatable bonds is 11. The Morgan fingerprint density at radius 1 is 1.03 bits per heavy atom. The number of carbonyl (C=O) groups excluding carboxylic acids is 3. The van der Waals surface area contributed by atoms with Gasteiger partial charge >= 0.3 is 11.9 Å². The average molecular weight is 496 g/mol. The third kappa shape index (κ3) is 7.87. The summed E-state index contributed by atoms with van der Waals surface area (Å²) in [5.41, 5.74) is 0.926. The van der Waals surface area contributed by atoms with E-state index in [1.807, 2.05) is 6.07 Å². The molecule has 0 unspecified atom stereocenters. The van der Waals surface area contributed by atoms with Gasteiger partial charge in [-0.3, -0.25) is 24.5 Å². The summed E-state index contributed by atoms with van der Waals surface area (Å²) in [6.07, 6.45) is 0.122. The molecule has 0 aromatic heterocycles. The van der Waals surface area contributed by atoms with E-state index in [1.54, 1.807) is 23.1 Å². The van der Waals surface area contributed by atoms with Crippen LogP contribution in [0, 0.1) is 21.4 Å². The Labute approximate surface area is 206 Å². The number of hydrogen-bond donors (Lipinski definition) is 1. The van der Waals surface area contributed by atoms with E-state index in [0.717, 1.165) is 6.07 Å². The molecule has 1 N–H and O–H groups in total. The highest BCUT2D eigenvalue weighted by molar-refractivity contribution is 5.93. The fraction of sp³-hybridized carbons (Fsp3) is 0.304. The van der Waals surface area contributed by atoms with Gasteiger partial charge in [0, 0.05) is 37.8 Å². The van der Waals surface area contributed by atoms with E-state index in [2.05, 4.69) is 15.5 Å². The molecule has 1 amide bonds. The molecule has 188 valence electrons. The minimum Gasteiger partial charge on any atom is -0.469 e. The molecule has 13 heteroatoms. The van der Waals surface area contributed by atoms with Crippen molar-refractivity contribution < 1.29 is 28.8 Å². The number of azo groups is 1. The van der Waals surface area contributed by atoms with Crippen molar-refractivity contribution in [2.45, 2.75) is 19.8 Å². The van der Waals surface area contributed by atoms with Gasteiger partial charge in [-0.05, 0) is 24.3 Å². The largest absolute Gasteiger partial charge is 0.469 e. The Hall–Kier alpha value is -4.86. The Balaban J connectivity index is 2.41.